The fourth-order valence-corrected chi connectivity index (χ4v) is 3.81. The molecule has 0 bridgehead atoms. The molecule has 3 rings (SSSR count). The van der Waals surface area contributed by atoms with Crippen molar-refractivity contribution in [3.05, 3.63) is 35.4 Å². The van der Waals surface area contributed by atoms with E-state index in [1.165, 1.54) is 58.2 Å². The van der Waals surface area contributed by atoms with E-state index in [2.05, 4.69) is 41.4 Å². The van der Waals surface area contributed by atoms with Gasteiger partial charge in [-0.05, 0) is 69.3 Å². The van der Waals surface area contributed by atoms with Crippen LogP contribution < -0.4 is 5.32 Å². The minimum absolute atomic E-state index is 0.697. The first-order chi connectivity index (χ1) is 9.85. The molecule has 2 aliphatic rings. The summed E-state index contributed by atoms with van der Waals surface area (Å²) in [5, 5.41) is 3.96. The molecule has 0 amide bonds. The minimum Gasteiger partial charge on any atom is -0.311 e. The van der Waals surface area contributed by atoms with Crippen LogP contribution in [0.5, 0.6) is 0 Å². The first kappa shape index (κ1) is 14.1. The predicted octanol–water partition coefficient (Wildman–Crippen LogP) is 3.01. The van der Waals surface area contributed by atoms with Gasteiger partial charge in [0.15, 0.2) is 0 Å². The zero-order valence-electron chi connectivity index (χ0n) is 12.8. The molecule has 1 aromatic rings. The lowest BCUT2D eigenvalue weighted by atomic mass is 9.87. The summed E-state index contributed by atoms with van der Waals surface area (Å²) in [4.78, 5) is 2.60. The summed E-state index contributed by atoms with van der Waals surface area (Å²) in [6, 6.07) is 10.4. The Bertz CT molecular complexity index is 429. The Balaban J connectivity index is 1.54. The Kier molecular flexibility index (Phi) is 4.74. The van der Waals surface area contributed by atoms with Crippen LogP contribution in [0.1, 0.15) is 43.7 Å². The highest BCUT2D eigenvalue weighted by Gasteiger charge is 2.22. The van der Waals surface area contributed by atoms with E-state index in [0.29, 0.717) is 6.04 Å². The number of benzene rings is 1. The van der Waals surface area contributed by atoms with Gasteiger partial charge in [-0.25, -0.2) is 0 Å². The Labute approximate surface area is 123 Å². The molecule has 1 aromatic carbocycles. The molecule has 0 saturated carbocycles. The van der Waals surface area contributed by atoms with Crippen molar-refractivity contribution in [1.29, 1.82) is 0 Å². The molecular formula is C18H28N2. The average Bonchev–Trinajstić information content (AvgIpc) is 2.72. The van der Waals surface area contributed by atoms with Gasteiger partial charge in [-0.1, -0.05) is 31.2 Å². The molecule has 1 N–H and O–H groups in total. The van der Waals surface area contributed by atoms with Gasteiger partial charge in [0.2, 0.25) is 0 Å². The van der Waals surface area contributed by atoms with Gasteiger partial charge >= 0.3 is 0 Å². The van der Waals surface area contributed by atoms with Crippen molar-refractivity contribution in [2.45, 2.75) is 57.5 Å². The summed E-state index contributed by atoms with van der Waals surface area (Å²) < 4.78 is 0. The lowest BCUT2D eigenvalue weighted by Gasteiger charge is -2.29. The second-order valence-electron chi connectivity index (χ2n) is 6.44. The van der Waals surface area contributed by atoms with E-state index in [1.807, 2.05) is 0 Å². The topological polar surface area (TPSA) is 15.3 Å². The maximum absolute atomic E-state index is 3.96. The summed E-state index contributed by atoms with van der Waals surface area (Å²) in [5.74, 6) is 0. The molecule has 2 atom stereocenters. The van der Waals surface area contributed by atoms with Crippen LogP contribution in [0.2, 0.25) is 0 Å². The van der Waals surface area contributed by atoms with E-state index in [4.69, 9.17) is 0 Å². The van der Waals surface area contributed by atoms with Crippen molar-refractivity contribution < 1.29 is 0 Å². The third-order valence-electron chi connectivity index (χ3n) is 5.09. The van der Waals surface area contributed by atoms with Crippen LogP contribution in [0, 0.1) is 0 Å². The summed E-state index contributed by atoms with van der Waals surface area (Å²) in [6.07, 6.45) is 7.83. The highest BCUT2D eigenvalue weighted by Crippen LogP contribution is 2.22. The van der Waals surface area contributed by atoms with Gasteiger partial charge < -0.3 is 10.2 Å². The fraction of sp³-hybridized carbons (Fsp3) is 0.667. The zero-order valence-corrected chi connectivity index (χ0v) is 12.8. The van der Waals surface area contributed by atoms with Crippen LogP contribution in [-0.4, -0.2) is 36.6 Å². The van der Waals surface area contributed by atoms with Gasteiger partial charge in [-0.2, -0.15) is 0 Å². The smallest absolute Gasteiger partial charge is 0.0113 e. The standard InChI is InChI=1S/C18H28N2/c1-2-20-12-5-8-17(11-13-20)19-18-10-9-15-6-3-4-7-16(15)14-18/h3-4,6-7,17-19H,2,5,8-14H2,1H3. The van der Waals surface area contributed by atoms with Gasteiger partial charge in [0.1, 0.15) is 0 Å². The molecule has 1 fully saturated rings. The van der Waals surface area contributed by atoms with Crippen molar-refractivity contribution >= 4 is 0 Å². The van der Waals surface area contributed by atoms with Crippen molar-refractivity contribution in [3.63, 3.8) is 0 Å². The second kappa shape index (κ2) is 6.73. The van der Waals surface area contributed by atoms with Gasteiger partial charge in [-0.3, -0.25) is 0 Å². The normalized spacial score (nSPS) is 27.9. The Morgan fingerprint density at radius 2 is 1.90 bits per heavy atom. The SMILES string of the molecule is CCN1CCCC(NC2CCc3ccccc3C2)CC1. The maximum Gasteiger partial charge on any atom is 0.0113 e. The van der Waals surface area contributed by atoms with Crippen LogP contribution in [0.3, 0.4) is 0 Å². The van der Waals surface area contributed by atoms with E-state index in [1.54, 1.807) is 11.1 Å². The van der Waals surface area contributed by atoms with E-state index in [-0.39, 0.29) is 0 Å². The Hall–Kier alpha value is -0.860. The summed E-state index contributed by atoms with van der Waals surface area (Å²) >= 11 is 0. The quantitative estimate of drug-likeness (QED) is 0.910. The van der Waals surface area contributed by atoms with Crippen LogP contribution in [0.15, 0.2) is 24.3 Å². The molecule has 2 nitrogen and oxygen atoms in total. The largest absolute Gasteiger partial charge is 0.311 e. The third kappa shape index (κ3) is 3.42. The molecule has 2 unspecified atom stereocenters. The number of nitrogens with one attached hydrogen (secondary N) is 1. The molecule has 2 heteroatoms. The molecule has 1 saturated heterocycles. The van der Waals surface area contributed by atoms with Crippen LogP contribution >= 0.6 is 0 Å². The van der Waals surface area contributed by atoms with Gasteiger partial charge in [0.05, 0.1) is 0 Å². The highest BCUT2D eigenvalue weighted by molar-refractivity contribution is 5.30. The molecule has 0 radical (unpaired) electrons. The second-order valence-corrected chi connectivity index (χ2v) is 6.44. The zero-order chi connectivity index (χ0) is 13.8. The van der Waals surface area contributed by atoms with Gasteiger partial charge in [0, 0.05) is 12.1 Å². The molecule has 1 aliphatic heterocycles. The Morgan fingerprint density at radius 3 is 2.75 bits per heavy atom. The Morgan fingerprint density at radius 1 is 1.05 bits per heavy atom. The number of likely N-dealkylation sites (tertiary alicyclic amines) is 1. The number of aryl methyl sites for hydroxylation is 1. The first-order valence-corrected chi connectivity index (χ1v) is 8.40. The lowest BCUT2D eigenvalue weighted by Crippen LogP contribution is -2.42. The van der Waals surface area contributed by atoms with Crippen LogP contribution in [-0.2, 0) is 12.8 Å². The summed E-state index contributed by atoms with van der Waals surface area (Å²) in [7, 11) is 0. The summed E-state index contributed by atoms with van der Waals surface area (Å²) in [6.45, 7) is 6.06. The van der Waals surface area contributed by atoms with E-state index < -0.39 is 0 Å². The first-order valence-electron chi connectivity index (χ1n) is 8.40. The average molecular weight is 272 g/mol. The highest BCUT2D eigenvalue weighted by atomic mass is 15.1. The predicted molar refractivity (Wildman–Crippen MR) is 85.1 cm³/mol. The molecule has 110 valence electrons. The van der Waals surface area contributed by atoms with Gasteiger partial charge in [0.25, 0.3) is 0 Å². The number of rotatable bonds is 3. The maximum atomic E-state index is 3.96. The molecule has 0 aromatic heterocycles. The molecular weight excluding hydrogens is 244 g/mol. The summed E-state index contributed by atoms with van der Waals surface area (Å²) in [5.41, 5.74) is 3.14. The van der Waals surface area contributed by atoms with Gasteiger partial charge in [-0.15, -0.1) is 0 Å². The van der Waals surface area contributed by atoms with Crippen molar-refractivity contribution in [1.82, 2.24) is 10.2 Å². The molecule has 1 heterocycles. The van der Waals surface area contributed by atoms with Crippen molar-refractivity contribution in [2.75, 3.05) is 19.6 Å². The third-order valence-corrected chi connectivity index (χ3v) is 5.09. The van der Waals surface area contributed by atoms with E-state index in [9.17, 15) is 0 Å². The number of hydrogen-bond acceptors (Lipinski definition) is 2. The van der Waals surface area contributed by atoms with Crippen molar-refractivity contribution in [3.8, 4) is 0 Å². The molecule has 0 spiro atoms. The van der Waals surface area contributed by atoms with Crippen LogP contribution in [0.25, 0.3) is 0 Å². The fourth-order valence-electron chi connectivity index (χ4n) is 3.81. The monoisotopic (exact) mass is 272 g/mol. The van der Waals surface area contributed by atoms with Crippen LogP contribution in [0.4, 0.5) is 0 Å². The number of fused-ring (bicyclic) bond motifs is 1. The van der Waals surface area contributed by atoms with Crippen molar-refractivity contribution in [2.24, 2.45) is 0 Å². The van der Waals surface area contributed by atoms with E-state index >= 15 is 0 Å². The van der Waals surface area contributed by atoms with E-state index in [0.717, 1.165) is 6.04 Å². The number of hydrogen-bond donors (Lipinski definition) is 1. The number of nitrogens with zero attached hydrogens (tertiary/aromatic N) is 1. The lowest BCUT2D eigenvalue weighted by molar-refractivity contribution is 0.293. The molecule has 20 heavy (non-hydrogen) atoms. The minimum atomic E-state index is 0.697. The molecule has 1 aliphatic carbocycles.